The van der Waals surface area contributed by atoms with E-state index in [-0.39, 0.29) is 0 Å². The van der Waals surface area contributed by atoms with Crippen LogP contribution in [0.1, 0.15) is 37.2 Å². The number of aromatic amines is 1. The van der Waals surface area contributed by atoms with Crippen molar-refractivity contribution in [3.05, 3.63) is 17.7 Å². The summed E-state index contributed by atoms with van der Waals surface area (Å²) in [6.07, 6.45) is 7.90. The molecule has 3 atom stereocenters. The van der Waals surface area contributed by atoms with E-state index in [0.717, 1.165) is 30.1 Å². The van der Waals surface area contributed by atoms with E-state index in [2.05, 4.69) is 15.3 Å². The minimum Gasteiger partial charge on any atom is -0.345 e. The summed E-state index contributed by atoms with van der Waals surface area (Å²) in [5, 5.41) is 3.57. The highest BCUT2D eigenvalue weighted by atomic mass is 15.0. The van der Waals surface area contributed by atoms with E-state index in [1.807, 2.05) is 13.1 Å². The number of nitrogens with zero attached hydrogens (tertiary/aromatic N) is 1. The lowest BCUT2D eigenvalue weighted by atomic mass is 9.89. The van der Waals surface area contributed by atoms with Crippen LogP contribution in [0.25, 0.3) is 0 Å². The molecule has 0 spiro atoms. The van der Waals surface area contributed by atoms with Crippen molar-refractivity contribution in [3.63, 3.8) is 0 Å². The van der Waals surface area contributed by atoms with Crippen molar-refractivity contribution < 1.29 is 0 Å². The maximum absolute atomic E-state index is 4.21. The van der Waals surface area contributed by atoms with Crippen LogP contribution in [0.5, 0.6) is 0 Å². The second-order valence-corrected chi connectivity index (χ2v) is 5.56. The van der Waals surface area contributed by atoms with Gasteiger partial charge in [0.1, 0.15) is 5.82 Å². The lowest BCUT2D eigenvalue weighted by Crippen LogP contribution is -2.26. The Balaban J connectivity index is 1.44. The molecule has 0 aromatic carbocycles. The molecule has 1 aromatic heterocycles. The van der Waals surface area contributed by atoms with E-state index in [0.29, 0.717) is 0 Å². The summed E-state index contributed by atoms with van der Waals surface area (Å²) in [4.78, 5) is 7.47. The van der Waals surface area contributed by atoms with Gasteiger partial charge in [0.15, 0.2) is 0 Å². The van der Waals surface area contributed by atoms with Gasteiger partial charge in [-0.1, -0.05) is 6.42 Å². The smallest absolute Gasteiger partial charge is 0.103 e. The van der Waals surface area contributed by atoms with Crippen LogP contribution in [-0.4, -0.2) is 16.5 Å². The van der Waals surface area contributed by atoms with Crippen molar-refractivity contribution in [3.8, 4) is 0 Å². The van der Waals surface area contributed by atoms with Crippen LogP contribution >= 0.6 is 0 Å². The molecule has 0 saturated heterocycles. The first-order chi connectivity index (χ1) is 7.81. The Hall–Kier alpha value is -0.830. The van der Waals surface area contributed by atoms with Gasteiger partial charge in [-0.25, -0.2) is 4.98 Å². The Kier molecular flexibility index (Phi) is 2.72. The van der Waals surface area contributed by atoms with E-state index in [1.165, 1.54) is 37.9 Å². The molecule has 0 aliphatic heterocycles. The van der Waals surface area contributed by atoms with Crippen molar-refractivity contribution in [2.45, 2.75) is 39.2 Å². The minimum atomic E-state index is 0.939. The van der Waals surface area contributed by atoms with Crippen LogP contribution in [0.2, 0.25) is 0 Å². The maximum atomic E-state index is 4.21. The number of rotatable bonds is 4. The molecular formula is C13H21N3. The highest BCUT2D eigenvalue weighted by Crippen LogP contribution is 2.47. The Morgan fingerprint density at radius 2 is 2.38 bits per heavy atom. The first-order valence-electron chi connectivity index (χ1n) is 6.52. The number of H-pyrrole nitrogens is 1. The van der Waals surface area contributed by atoms with Crippen LogP contribution in [0.3, 0.4) is 0 Å². The summed E-state index contributed by atoms with van der Waals surface area (Å²) < 4.78 is 0. The fraction of sp³-hybridized carbons (Fsp3) is 0.769. The second kappa shape index (κ2) is 4.21. The van der Waals surface area contributed by atoms with Gasteiger partial charge in [-0.3, -0.25) is 0 Å². The van der Waals surface area contributed by atoms with E-state index in [4.69, 9.17) is 0 Å². The summed E-state index contributed by atoms with van der Waals surface area (Å²) in [5.74, 6) is 4.05. The fourth-order valence-corrected chi connectivity index (χ4v) is 3.58. The maximum Gasteiger partial charge on any atom is 0.103 e. The Morgan fingerprint density at radius 3 is 3.00 bits per heavy atom. The molecule has 1 aromatic rings. The Bertz CT molecular complexity index is 358. The highest BCUT2D eigenvalue weighted by molar-refractivity contribution is 4.99. The summed E-state index contributed by atoms with van der Waals surface area (Å²) in [6, 6.07) is 0. The van der Waals surface area contributed by atoms with E-state index in [9.17, 15) is 0 Å². The van der Waals surface area contributed by atoms with Gasteiger partial charge in [0.05, 0.1) is 0 Å². The van der Waals surface area contributed by atoms with Gasteiger partial charge < -0.3 is 10.3 Å². The van der Waals surface area contributed by atoms with Crippen LogP contribution < -0.4 is 5.32 Å². The standard InChI is InChI=1S/C13H21N3/c1-9-15-8-13(16-9)7-14-6-12-5-10-2-3-11(12)4-10/h8,10-12,14H,2-7H2,1H3,(H,15,16). The fourth-order valence-electron chi connectivity index (χ4n) is 3.58. The highest BCUT2D eigenvalue weighted by Gasteiger charge is 2.38. The summed E-state index contributed by atoms with van der Waals surface area (Å²) in [7, 11) is 0. The average Bonchev–Trinajstić information content (AvgIpc) is 2.94. The predicted molar refractivity (Wildman–Crippen MR) is 64.0 cm³/mol. The third-order valence-electron chi connectivity index (χ3n) is 4.36. The normalized spacial score (nSPS) is 32.4. The molecule has 2 aliphatic carbocycles. The zero-order valence-electron chi connectivity index (χ0n) is 10.00. The lowest BCUT2D eigenvalue weighted by molar-refractivity contribution is 0.318. The van der Waals surface area contributed by atoms with Gasteiger partial charge in [0, 0.05) is 18.4 Å². The number of nitrogens with one attached hydrogen (secondary N) is 2. The number of imidazole rings is 1. The SMILES string of the molecule is Cc1ncc(CNCC2CC3CCC2C3)[nH]1. The zero-order valence-corrected chi connectivity index (χ0v) is 10.00. The number of hydrogen-bond acceptors (Lipinski definition) is 2. The lowest BCUT2D eigenvalue weighted by Gasteiger charge is -2.21. The number of aromatic nitrogens is 2. The van der Waals surface area contributed by atoms with E-state index in [1.54, 1.807) is 0 Å². The molecule has 2 fully saturated rings. The summed E-state index contributed by atoms with van der Waals surface area (Å²) >= 11 is 0. The molecule has 3 unspecified atom stereocenters. The Labute approximate surface area is 97.0 Å². The minimum absolute atomic E-state index is 0.939. The van der Waals surface area contributed by atoms with E-state index >= 15 is 0 Å². The molecular weight excluding hydrogens is 198 g/mol. The number of fused-ring (bicyclic) bond motifs is 2. The molecule has 2 aliphatic rings. The van der Waals surface area contributed by atoms with E-state index < -0.39 is 0 Å². The van der Waals surface area contributed by atoms with Gasteiger partial charge in [0.2, 0.25) is 0 Å². The van der Waals surface area contributed by atoms with Crippen molar-refractivity contribution >= 4 is 0 Å². The van der Waals surface area contributed by atoms with Gasteiger partial charge in [-0.2, -0.15) is 0 Å². The van der Waals surface area contributed by atoms with Crippen molar-refractivity contribution in [1.29, 1.82) is 0 Å². The molecule has 2 bridgehead atoms. The molecule has 3 rings (SSSR count). The van der Waals surface area contributed by atoms with Crippen LogP contribution in [0.15, 0.2) is 6.20 Å². The first-order valence-corrected chi connectivity index (χ1v) is 6.52. The zero-order chi connectivity index (χ0) is 11.0. The summed E-state index contributed by atoms with van der Waals surface area (Å²) in [6.45, 7) is 4.13. The second-order valence-electron chi connectivity index (χ2n) is 5.56. The van der Waals surface area contributed by atoms with Crippen molar-refractivity contribution in [2.75, 3.05) is 6.54 Å². The monoisotopic (exact) mass is 219 g/mol. The van der Waals surface area contributed by atoms with Crippen LogP contribution in [0.4, 0.5) is 0 Å². The molecule has 0 amide bonds. The third kappa shape index (κ3) is 2.01. The molecule has 2 N–H and O–H groups in total. The van der Waals surface area contributed by atoms with Crippen LogP contribution in [0, 0.1) is 24.7 Å². The first kappa shape index (κ1) is 10.3. The molecule has 16 heavy (non-hydrogen) atoms. The Morgan fingerprint density at radius 1 is 1.44 bits per heavy atom. The molecule has 2 saturated carbocycles. The molecule has 0 radical (unpaired) electrons. The number of aryl methyl sites for hydroxylation is 1. The summed E-state index contributed by atoms with van der Waals surface area (Å²) in [5.41, 5.74) is 1.21. The van der Waals surface area contributed by atoms with Crippen LogP contribution in [-0.2, 0) is 6.54 Å². The van der Waals surface area contributed by atoms with Gasteiger partial charge in [0.25, 0.3) is 0 Å². The average molecular weight is 219 g/mol. The van der Waals surface area contributed by atoms with Gasteiger partial charge in [-0.05, 0) is 50.5 Å². The quantitative estimate of drug-likeness (QED) is 0.815. The van der Waals surface area contributed by atoms with Crippen molar-refractivity contribution in [2.24, 2.45) is 17.8 Å². The molecule has 3 heteroatoms. The van der Waals surface area contributed by atoms with Gasteiger partial charge in [-0.15, -0.1) is 0 Å². The molecule has 3 nitrogen and oxygen atoms in total. The topological polar surface area (TPSA) is 40.7 Å². The largest absolute Gasteiger partial charge is 0.345 e. The van der Waals surface area contributed by atoms with Gasteiger partial charge >= 0.3 is 0 Å². The third-order valence-corrected chi connectivity index (χ3v) is 4.36. The van der Waals surface area contributed by atoms with Crippen molar-refractivity contribution in [1.82, 2.24) is 15.3 Å². The predicted octanol–water partition coefficient (Wildman–Crippen LogP) is 2.24. The molecule has 1 heterocycles. The number of hydrogen-bond donors (Lipinski definition) is 2. The molecule has 88 valence electrons.